The monoisotopic (exact) mass is 540 g/mol. The van der Waals surface area contributed by atoms with Crippen LogP contribution in [0, 0.1) is 23.7 Å². The number of ether oxygens (including phenoxy) is 6. The Morgan fingerprint density at radius 1 is 0.632 bits per heavy atom. The molecule has 0 heterocycles. The molecule has 2 saturated carbocycles. The van der Waals surface area contributed by atoms with Gasteiger partial charge in [0, 0.05) is 25.2 Å². The summed E-state index contributed by atoms with van der Waals surface area (Å²) in [5.41, 5.74) is 0. The van der Waals surface area contributed by atoms with Crippen LogP contribution >= 0.6 is 0 Å². The minimum absolute atomic E-state index is 0.118. The standard InChI is InChI=1S/C26H40N2O10/c1-3-23(29)35-11-7-33-9-13-37-25(31)27-6-5-19-15-21-16-20(19)17-22(21)18-28-26(32)38-14-10-34-8-12-36-24(30)4-2/h3-4,19-22H,1-2,5-18H2,(H,27,31)(H,28,32). The summed E-state index contributed by atoms with van der Waals surface area (Å²) in [5, 5.41) is 5.62. The van der Waals surface area contributed by atoms with Gasteiger partial charge < -0.3 is 39.1 Å². The highest BCUT2D eigenvalue weighted by Crippen LogP contribution is 2.52. The number of carbonyl (C=O) groups excluding carboxylic acids is 4. The Balaban J connectivity index is 1.43. The van der Waals surface area contributed by atoms with Crippen molar-refractivity contribution in [3.8, 4) is 0 Å². The number of hydrogen-bond acceptors (Lipinski definition) is 10. The molecule has 2 aliphatic carbocycles. The van der Waals surface area contributed by atoms with Crippen LogP contribution in [0.5, 0.6) is 0 Å². The topological polar surface area (TPSA) is 148 Å². The van der Waals surface area contributed by atoms with Crippen molar-refractivity contribution in [2.45, 2.75) is 25.7 Å². The zero-order chi connectivity index (χ0) is 27.6. The third kappa shape index (κ3) is 12.4. The molecule has 4 unspecified atom stereocenters. The molecule has 2 rings (SSSR count). The summed E-state index contributed by atoms with van der Waals surface area (Å²) in [6.07, 6.45) is 5.43. The minimum atomic E-state index is -0.505. The van der Waals surface area contributed by atoms with Crippen LogP contribution in [0.4, 0.5) is 9.59 Å². The van der Waals surface area contributed by atoms with Crippen LogP contribution < -0.4 is 10.6 Å². The molecule has 0 spiro atoms. The van der Waals surface area contributed by atoms with Crippen molar-refractivity contribution in [1.29, 1.82) is 0 Å². The highest BCUT2D eigenvalue weighted by atomic mass is 16.6. The molecule has 0 radical (unpaired) electrons. The Kier molecular flexibility index (Phi) is 14.9. The Morgan fingerprint density at radius 2 is 1.11 bits per heavy atom. The predicted molar refractivity (Wildman–Crippen MR) is 135 cm³/mol. The van der Waals surface area contributed by atoms with Crippen molar-refractivity contribution in [3.05, 3.63) is 25.3 Å². The number of esters is 2. The fraction of sp³-hybridized carbons (Fsp3) is 0.692. The molecule has 214 valence electrons. The van der Waals surface area contributed by atoms with Crippen LogP contribution in [0.25, 0.3) is 0 Å². The molecule has 4 atom stereocenters. The zero-order valence-corrected chi connectivity index (χ0v) is 21.9. The summed E-state index contributed by atoms with van der Waals surface area (Å²) in [7, 11) is 0. The van der Waals surface area contributed by atoms with Crippen molar-refractivity contribution in [3.63, 3.8) is 0 Å². The van der Waals surface area contributed by atoms with Crippen molar-refractivity contribution in [2.24, 2.45) is 23.7 Å². The Hall–Kier alpha value is -3.12. The van der Waals surface area contributed by atoms with E-state index in [0.717, 1.165) is 37.8 Å². The second-order valence-electron chi connectivity index (χ2n) is 9.08. The maximum atomic E-state index is 11.9. The van der Waals surface area contributed by atoms with E-state index >= 15 is 0 Å². The fourth-order valence-corrected chi connectivity index (χ4v) is 4.90. The number of alkyl carbamates (subject to hydrolysis) is 2. The molecular formula is C26H40N2O10. The fourth-order valence-electron chi connectivity index (χ4n) is 4.90. The summed E-state index contributed by atoms with van der Waals surface area (Å²) in [4.78, 5) is 45.5. The van der Waals surface area contributed by atoms with E-state index in [2.05, 4.69) is 23.8 Å². The van der Waals surface area contributed by atoms with Gasteiger partial charge in [-0.25, -0.2) is 19.2 Å². The average molecular weight is 541 g/mol. The second-order valence-corrected chi connectivity index (χ2v) is 9.08. The molecule has 12 nitrogen and oxygen atoms in total. The summed E-state index contributed by atoms with van der Waals surface area (Å²) < 4.78 is 30.2. The van der Waals surface area contributed by atoms with E-state index < -0.39 is 24.1 Å². The lowest BCUT2D eigenvalue weighted by Crippen LogP contribution is -2.34. The van der Waals surface area contributed by atoms with Crippen molar-refractivity contribution in [1.82, 2.24) is 10.6 Å². The zero-order valence-electron chi connectivity index (χ0n) is 21.9. The van der Waals surface area contributed by atoms with Gasteiger partial charge in [0.05, 0.1) is 26.4 Å². The first-order chi connectivity index (χ1) is 18.4. The van der Waals surface area contributed by atoms with E-state index in [9.17, 15) is 19.2 Å². The van der Waals surface area contributed by atoms with Gasteiger partial charge in [0.2, 0.25) is 0 Å². The summed E-state index contributed by atoms with van der Waals surface area (Å²) in [5.74, 6) is 1.17. The molecular weight excluding hydrogens is 500 g/mol. The van der Waals surface area contributed by atoms with Gasteiger partial charge in [-0.15, -0.1) is 0 Å². The number of nitrogens with one attached hydrogen (secondary N) is 2. The molecule has 2 amide bonds. The maximum Gasteiger partial charge on any atom is 0.407 e. The quantitative estimate of drug-likeness (QED) is 0.108. The van der Waals surface area contributed by atoms with Crippen molar-refractivity contribution >= 4 is 24.1 Å². The first kappa shape index (κ1) is 31.1. The predicted octanol–water partition coefficient (Wildman–Crippen LogP) is 1.98. The summed E-state index contributed by atoms with van der Waals surface area (Å²) in [6, 6.07) is 0. The molecule has 2 aliphatic rings. The third-order valence-corrected chi connectivity index (χ3v) is 6.64. The normalized spacial score (nSPS) is 21.3. The minimum Gasteiger partial charge on any atom is -0.460 e. The summed E-state index contributed by atoms with van der Waals surface area (Å²) >= 11 is 0. The summed E-state index contributed by atoms with van der Waals surface area (Å²) in [6.45, 7) is 9.11. The van der Waals surface area contributed by atoms with E-state index in [4.69, 9.17) is 28.4 Å². The molecule has 0 aromatic carbocycles. The Bertz CT molecular complexity index is 790. The van der Waals surface area contributed by atoms with Crippen LogP contribution in [0.2, 0.25) is 0 Å². The molecule has 38 heavy (non-hydrogen) atoms. The number of rotatable bonds is 19. The molecule has 2 fully saturated rings. The van der Waals surface area contributed by atoms with Crippen molar-refractivity contribution < 1.29 is 47.6 Å². The lowest BCUT2D eigenvalue weighted by molar-refractivity contribution is -0.140. The number of hydrogen-bond donors (Lipinski definition) is 2. The van der Waals surface area contributed by atoms with E-state index in [-0.39, 0.29) is 52.9 Å². The highest BCUT2D eigenvalue weighted by molar-refractivity contribution is 5.81. The van der Waals surface area contributed by atoms with Crippen LogP contribution in [0.1, 0.15) is 25.7 Å². The van der Waals surface area contributed by atoms with Gasteiger partial charge in [0.1, 0.15) is 26.4 Å². The molecule has 12 heteroatoms. The SMILES string of the molecule is C=CC(=O)OCCOCCOC(=O)NCCC1CC2CC1CC2CNC(=O)OCCOCCOC(=O)C=C. The van der Waals surface area contributed by atoms with E-state index in [0.29, 0.717) is 36.8 Å². The second kappa shape index (κ2) is 18.2. The van der Waals surface area contributed by atoms with Crippen LogP contribution in [0.3, 0.4) is 0 Å². The van der Waals surface area contributed by atoms with Crippen LogP contribution in [-0.2, 0) is 38.0 Å². The first-order valence-corrected chi connectivity index (χ1v) is 13.0. The van der Waals surface area contributed by atoms with Crippen LogP contribution in [-0.4, -0.2) is 90.1 Å². The Labute approximate surface area is 223 Å². The average Bonchev–Trinajstić information content (AvgIpc) is 3.50. The third-order valence-electron chi connectivity index (χ3n) is 6.64. The lowest BCUT2D eigenvalue weighted by Gasteiger charge is -2.28. The van der Waals surface area contributed by atoms with E-state index in [1.165, 1.54) is 0 Å². The van der Waals surface area contributed by atoms with Gasteiger partial charge in [-0.1, -0.05) is 13.2 Å². The molecule has 2 N–H and O–H groups in total. The van der Waals surface area contributed by atoms with Gasteiger partial charge in [0.15, 0.2) is 0 Å². The molecule has 0 aromatic heterocycles. The number of fused-ring (bicyclic) bond motifs is 2. The largest absolute Gasteiger partial charge is 0.460 e. The van der Waals surface area contributed by atoms with Gasteiger partial charge in [0.25, 0.3) is 0 Å². The smallest absolute Gasteiger partial charge is 0.407 e. The van der Waals surface area contributed by atoms with Crippen LogP contribution in [0.15, 0.2) is 25.3 Å². The number of carbonyl (C=O) groups is 4. The first-order valence-electron chi connectivity index (χ1n) is 13.0. The van der Waals surface area contributed by atoms with E-state index in [1.807, 2.05) is 0 Å². The van der Waals surface area contributed by atoms with E-state index in [1.54, 1.807) is 0 Å². The van der Waals surface area contributed by atoms with Crippen molar-refractivity contribution in [2.75, 3.05) is 65.9 Å². The molecule has 2 bridgehead atoms. The Morgan fingerprint density at radius 3 is 1.61 bits per heavy atom. The van der Waals surface area contributed by atoms with Gasteiger partial charge >= 0.3 is 24.1 Å². The van der Waals surface area contributed by atoms with Gasteiger partial charge in [-0.3, -0.25) is 0 Å². The maximum absolute atomic E-state index is 11.9. The molecule has 0 aromatic rings. The lowest BCUT2D eigenvalue weighted by atomic mass is 9.80. The number of amides is 2. The molecule has 0 saturated heterocycles. The van der Waals surface area contributed by atoms with Gasteiger partial charge in [-0.2, -0.15) is 0 Å². The highest BCUT2D eigenvalue weighted by Gasteiger charge is 2.45. The molecule has 0 aliphatic heterocycles. The van der Waals surface area contributed by atoms with Gasteiger partial charge in [-0.05, 0) is 49.4 Å².